The van der Waals surface area contributed by atoms with Gasteiger partial charge in [0.1, 0.15) is 16.7 Å². The highest BCUT2D eigenvalue weighted by Gasteiger charge is 2.48. The molecule has 0 atom stereocenters. The van der Waals surface area contributed by atoms with Gasteiger partial charge in [-0.15, -0.1) is 0 Å². The van der Waals surface area contributed by atoms with E-state index >= 15 is 0 Å². The maximum Gasteiger partial charge on any atom is 0.187 e. The maximum atomic E-state index is 5.09. The number of fused-ring (bicyclic) bond motifs is 2. The fourth-order valence-corrected chi connectivity index (χ4v) is 5.82. The van der Waals surface area contributed by atoms with Gasteiger partial charge >= 0.3 is 0 Å². The lowest BCUT2D eigenvalue weighted by atomic mass is 9.75. The van der Waals surface area contributed by atoms with Crippen molar-refractivity contribution in [2.45, 2.75) is 33.6 Å². The summed E-state index contributed by atoms with van der Waals surface area (Å²) in [6.45, 7) is 13.3. The Labute approximate surface area is 173 Å². The average Bonchev–Trinajstić information content (AvgIpc) is 3.28. The van der Waals surface area contributed by atoms with Crippen LogP contribution in [0.25, 0.3) is 27.3 Å². The van der Waals surface area contributed by atoms with Crippen LogP contribution >= 0.6 is 11.3 Å². The molecule has 2 aliphatic rings. The SMILES string of the molecule is Cc1c(-c2[nH]c3sc(N4CC5(CNC5)C4)nc3c2C(C)C)cn2ncnc2c1C. The third kappa shape index (κ3) is 2.36. The lowest BCUT2D eigenvalue weighted by Gasteiger charge is -2.56. The van der Waals surface area contributed by atoms with Gasteiger partial charge in [0.2, 0.25) is 0 Å². The highest BCUT2D eigenvalue weighted by Crippen LogP contribution is 2.44. The van der Waals surface area contributed by atoms with Gasteiger partial charge in [-0.2, -0.15) is 5.10 Å². The predicted octanol–water partition coefficient (Wildman–Crippen LogP) is 3.48. The number of aromatic nitrogens is 5. The van der Waals surface area contributed by atoms with Crippen molar-refractivity contribution in [2.75, 3.05) is 31.1 Å². The third-order valence-corrected chi connectivity index (χ3v) is 7.71. The molecule has 2 aliphatic heterocycles. The number of rotatable bonds is 3. The molecule has 0 aliphatic carbocycles. The van der Waals surface area contributed by atoms with E-state index in [1.54, 1.807) is 17.7 Å². The number of hydrogen-bond acceptors (Lipinski definition) is 6. The first-order valence-electron chi connectivity index (χ1n) is 10.2. The average molecular weight is 408 g/mol. The molecule has 0 unspecified atom stereocenters. The van der Waals surface area contributed by atoms with Crippen LogP contribution in [-0.2, 0) is 0 Å². The fraction of sp³-hybridized carbons (Fsp3) is 0.476. The zero-order chi connectivity index (χ0) is 19.9. The molecule has 0 bridgehead atoms. The minimum Gasteiger partial charge on any atom is -0.347 e. The van der Waals surface area contributed by atoms with Crippen molar-refractivity contribution in [2.24, 2.45) is 5.41 Å². The van der Waals surface area contributed by atoms with E-state index in [-0.39, 0.29) is 0 Å². The first kappa shape index (κ1) is 17.4. The van der Waals surface area contributed by atoms with Gasteiger partial charge in [-0.25, -0.2) is 14.5 Å². The topological polar surface area (TPSA) is 74.1 Å². The molecule has 0 saturated carbocycles. The molecule has 150 valence electrons. The van der Waals surface area contributed by atoms with E-state index in [4.69, 9.17) is 4.98 Å². The van der Waals surface area contributed by atoms with Gasteiger partial charge in [0.15, 0.2) is 10.8 Å². The second-order valence-corrected chi connectivity index (χ2v) is 10.0. The summed E-state index contributed by atoms with van der Waals surface area (Å²) in [5.74, 6) is 0.374. The molecule has 4 aromatic rings. The van der Waals surface area contributed by atoms with Crippen molar-refractivity contribution in [1.29, 1.82) is 0 Å². The normalized spacial score (nSPS) is 18.2. The van der Waals surface area contributed by atoms with Crippen molar-refractivity contribution in [3.05, 3.63) is 29.2 Å². The molecule has 29 heavy (non-hydrogen) atoms. The Hall–Kier alpha value is -2.45. The summed E-state index contributed by atoms with van der Waals surface area (Å²) in [7, 11) is 0. The Morgan fingerprint density at radius 2 is 1.97 bits per heavy atom. The molecule has 6 rings (SSSR count). The van der Waals surface area contributed by atoms with Crippen molar-refractivity contribution in [3.63, 3.8) is 0 Å². The first-order chi connectivity index (χ1) is 14.0. The van der Waals surface area contributed by atoms with Gasteiger partial charge < -0.3 is 15.2 Å². The number of hydrogen-bond donors (Lipinski definition) is 2. The van der Waals surface area contributed by atoms with Crippen molar-refractivity contribution >= 4 is 32.5 Å². The standard InChI is InChI=1S/C21H25N7S/c1-11(2)15-16(14-5-28-18(23-10-24-28)13(4)12(14)3)25-19-17(15)26-20(29-19)27-8-21(9-27)6-22-7-21/h5,10-11,22,25H,6-9H2,1-4H3. The second-order valence-electron chi connectivity index (χ2n) is 9.02. The molecular weight excluding hydrogens is 382 g/mol. The minimum atomic E-state index is 0.374. The Morgan fingerprint density at radius 3 is 2.66 bits per heavy atom. The molecule has 0 radical (unpaired) electrons. The number of nitrogens with one attached hydrogen (secondary N) is 2. The summed E-state index contributed by atoms with van der Waals surface area (Å²) in [5, 5.41) is 8.93. The zero-order valence-corrected chi connectivity index (χ0v) is 18.0. The molecule has 2 saturated heterocycles. The van der Waals surface area contributed by atoms with E-state index in [9.17, 15) is 0 Å². The largest absolute Gasteiger partial charge is 0.347 e. The summed E-state index contributed by atoms with van der Waals surface area (Å²) < 4.78 is 1.88. The van der Waals surface area contributed by atoms with E-state index in [1.165, 1.54) is 32.8 Å². The predicted molar refractivity (Wildman–Crippen MR) is 117 cm³/mol. The van der Waals surface area contributed by atoms with Crippen LogP contribution in [-0.4, -0.2) is 50.7 Å². The molecule has 4 aromatic heterocycles. The van der Waals surface area contributed by atoms with Crippen molar-refractivity contribution in [1.82, 2.24) is 29.9 Å². The molecule has 0 amide bonds. The Balaban J connectivity index is 1.47. The van der Waals surface area contributed by atoms with Crippen LogP contribution in [0.5, 0.6) is 0 Å². The number of H-pyrrole nitrogens is 1. The van der Waals surface area contributed by atoms with Crippen LogP contribution in [0, 0.1) is 19.3 Å². The lowest BCUT2D eigenvalue weighted by molar-refractivity contribution is 0.121. The zero-order valence-electron chi connectivity index (χ0n) is 17.2. The van der Waals surface area contributed by atoms with Crippen molar-refractivity contribution in [3.8, 4) is 11.3 Å². The molecular formula is C21H25N7S. The second kappa shape index (κ2) is 5.79. The molecule has 2 N–H and O–H groups in total. The quantitative estimate of drug-likeness (QED) is 0.544. The number of aryl methyl sites for hydroxylation is 1. The molecule has 6 heterocycles. The van der Waals surface area contributed by atoms with Gasteiger partial charge in [-0.1, -0.05) is 25.2 Å². The fourth-order valence-electron chi connectivity index (χ4n) is 4.84. The van der Waals surface area contributed by atoms with E-state index < -0.39 is 0 Å². The van der Waals surface area contributed by atoms with E-state index in [0.717, 1.165) is 42.5 Å². The summed E-state index contributed by atoms with van der Waals surface area (Å²) in [5.41, 5.74) is 8.60. The van der Waals surface area contributed by atoms with E-state index in [1.807, 2.05) is 4.52 Å². The molecule has 2 fully saturated rings. The Bertz CT molecular complexity index is 1250. The lowest BCUT2D eigenvalue weighted by Crippen LogP contribution is -2.71. The molecule has 0 aromatic carbocycles. The van der Waals surface area contributed by atoms with Crippen LogP contribution in [0.1, 0.15) is 36.5 Å². The number of thiazole rings is 1. The summed E-state index contributed by atoms with van der Waals surface area (Å²) in [6, 6.07) is 0. The third-order valence-electron chi connectivity index (χ3n) is 6.67. The van der Waals surface area contributed by atoms with Crippen LogP contribution in [0.15, 0.2) is 12.5 Å². The van der Waals surface area contributed by atoms with Gasteiger partial charge in [-0.3, -0.25) is 0 Å². The van der Waals surface area contributed by atoms with E-state index in [0.29, 0.717) is 11.3 Å². The van der Waals surface area contributed by atoms with Gasteiger partial charge in [0, 0.05) is 48.9 Å². The number of anilines is 1. The van der Waals surface area contributed by atoms with Crippen LogP contribution in [0.4, 0.5) is 5.13 Å². The monoisotopic (exact) mass is 407 g/mol. The summed E-state index contributed by atoms with van der Waals surface area (Å²) >= 11 is 1.78. The Morgan fingerprint density at radius 1 is 1.17 bits per heavy atom. The summed E-state index contributed by atoms with van der Waals surface area (Å²) in [6.07, 6.45) is 3.71. The smallest absolute Gasteiger partial charge is 0.187 e. The summed E-state index contributed by atoms with van der Waals surface area (Å²) in [4.78, 5) is 16.8. The number of nitrogens with zero attached hydrogens (tertiary/aromatic N) is 5. The van der Waals surface area contributed by atoms with Crippen LogP contribution < -0.4 is 10.2 Å². The van der Waals surface area contributed by atoms with Crippen LogP contribution in [0.3, 0.4) is 0 Å². The number of pyridine rings is 1. The highest BCUT2D eigenvalue weighted by atomic mass is 32.1. The first-order valence-corrected chi connectivity index (χ1v) is 11.1. The van der Waals surface area contributed by atoms with Crippen LogP contribution in [0.2, 0.25) is 0 Å². The van der Waals surface area contributed by atoms with E-state index in [2.05, 4.69) is 59.2 Å². The Kier molecular flexibility index (Phi) is 3.48. The van der Waals surface area contributed by atoms with Gasteiger partial charge in [-0.05, 0) is 30.9 Å². The van der Waals surface area contributed by atoms with Crippen molar-refractivity contribution < 1.29 is 0 Å². The minimum absolute atomic E-state index is 0.374. The van der Waals surface area contributed by atoms with Gasteiger partial charge in [0.05, 0.1) is 5.69 Å². The highest BCUT2D eigenvalue weighted by molar-refractivity contribution is 7.21. The molecule has 8 heteroatoms. The molecule has 1 spiro atoms. The van der Waals surface area contributed by atoms with Gasteiger partial charge in [0.25, 0.3) is 0 Å². The molecule has 7 nitrogen and oxygen atoms in total. The maximum absolute atomic E-state index is 5.09. The number of aromatic amines is 1.